The molecule has 2 N–H and O–H groups in total. The number of carbonyl (C=O) groups excluding carboxylic acids is 1. The number of hydrogen-bond donors (Lipinski definition) is 1. The Morgan fingerprint density at radius 3 is 2.71 bits per heavy atom. The normalized spacial score (nSPS) is 16.0. The highest BCUT2D eigenvalue weighted by Crippen LogP contribution is 2.22. The van der Waals surface area contributed by atoms with Gasteiger partial charge in [0.1, 0.15) is 0 Å². The van der Waals surface area contributed by atoms with Crippen LogP contribution in [0.25, 0.3) is 0 Å². The van der Waals surface area contributed by atoms with Gasteiger partial charge in [-0.05, 0) is 56.3 Å². The molecule has 4 heteroatoms. The molecule has 0 aromatic heterocycles. The molecule has 0 saturated carbocycles. The zero-order valence-corrected chi connectivity index (χ0v) is 13.2. The zero-order valence-electron chi connectivity index (χ0n) is 13.2. The molecule has 2 amide bonds. The summed E-state index contributed by atoms with van der Waals surface area (Å²) in [5, 5.41) is 0. The van der Waals surface area contributed by atoms with E-state index in [1.807, 2.05) is 21.9 Å². The zero-order chi connectivity index (χ0) is 15.2. The van der Waals surface area contributed by atoms with Crippen molar-refractivity contribution in [3.8, 4) is 0 Å². The van der Waals surface area contributed by atoms with Crippen molar-refractivity contribution < 1.29 is 4.79 Å². The number of hydrogen-bond acceptors (Lipinski definition) is 2. The quantitative estimate of drug-likeness (QED) is 0.926. The smallest absolute Gasteiger partial charge is 0.324 e. The predicted molar refractivity (Wildman–Crippen MR) is 87.6 cm³/mol. The van der Waals surface area contributed by atoms with Crippen LogP contribution in [0.15, 0.2) is 24.3 Å². The number of nitrogens with zero attached hydrogens (tertiary/aromatic N) is 2. The number of rotatable bonds is 4. The largest absolute Gasteiger partial charge is 0.330 e. The number of nitrogens with two attached hydrogens (primary N) is 1. The lowest BCUT2D eigenvalue weighted by atomic mass is 9.99. The summed E-state index contributed by atoms with van der Waals surface area (Å²) in [7, 11) is 0. The number of likely N-dealkylation sites (tertiary alicyclic amines) is 1. The Morgan fingerprint density at radius 1 is 1.38 bits per heavy atom. The minimum absolute atomic E-state index is 0.126. The van der Waals surface area contributed by atoms with E-state index in [-0.39, 0.29) is 6.03 Å². The third kappa shape index (κ3) is 4.21. The average Bonchev–Trinajstić information content (AvgIpc) is 2.48. The lowest BCUT2D eigenvalue weighted by Crippen LogP contribution is -2.47. The third-order valence-electron chi connectivity index (χ3n) is 4.18. The van der Waals surface area contributed by atoms with E-state index in [9.17, 15) is 4.79 Å². The topological polar surface area (TPSA) is 49.6 Å². The summed E-state index contributed by atoms with van der Waals surface area (Å²) in [6.07, 6.45) is 3.03. The van der Waals surface area contributed by atoms with Crippen LogP contribution in [0.4, 0.5) is 10.5 Å². The van der Waals surface area contributed by atoms with E-state index in [1.165, 1.54) is 5.56 Å². The van der Waals surface area contributed by atoms with E-state index in [4.69, 9.17) is 5.73 Å². The van der Waals surface area contributed by atoms with Gasteiger partial charge in [0.2, 0.25) is 0 Å². The van der Waals surface area contributed by atoms with Crippen LogP contribution >= 0.6 is 0 Å². The Balaban J connectivity index is 2.13. The third-order valence-corrected chi connectivity index (χ3v) is 4.18. The Kier molecular flexibility index (Phi) is 5.62. The van der Waals surface area contributed by atoms with Gasteiger partial charge in [0.05, 0.1) is 0 Å². The highest BCUT2D eigenvalue weighted by molar-refractivity contribution is 5.92. The van der Waals surface area contributed by atoms with Crippen molar-refractivity contribution in [1.82, 2.24) is 4.90 Å². The molecule has 1 heterocycles. The second kappa shape index (κ2) is 7.46. The maximum Gasteiger partial charge on any atom is 0.324 e. The molecule has 1 aromatic rings. The number of benzene rings is 1. The van der Waals surface area contributed by atoms with Crippen LogP contribution in [0.2, 0.25) is 0 Å². The van der Waals surface area contributed by atoms with E-state index in [0.717, 1.165) is 44.0 Å². The van der Waals surface area contributed by atoms with Crippen molar-refractivity contribution in [2.24, 2.45) is 11.7 Å². The van der Waals surface area contributed by atoms with Crippen molar-refractivity contribution in [3.63, 3.8) is 0 Å². The Labute approximate surface area is 127 Å². The fourth-order valence-electron chi connectivity index (χ4n) is 2.75. The first kappa shape index (κ1) is 15.8. The second-order valence-electron chi connectivity index (χ2n) is 6.09. The molecule has 0 aliphatic carbocycles. The van der Waals surface area contributed by atoms with Gasteiger partial charge in [-0.25, -0.2) is 4.79 Å². The Bertz CT molecular complexity index is 467. The summed E-state index contributed by atoms with van der Waals surface area (Å²) < 4.78 is 0. The molecule has 2 rings (SSSR count). The predicted octanol–water partition coefficient (Wildman–Crippen LogP) is 3.00. The summed E-state index contributed by atoms with van der Waals surface area (Å²) >= 11 is 0. The first-order chi connectivity index (χ1) is 10.1. The number of piperidine rings is 1. The summed E-state index contributed by atoms with van der Waals surface area (Å²) in [6, 6.07) is 8.26. The molecule has 0 atom stereocenters. The molecular formula is C17H27N3O. The number of urea groups is 1. The van der Waals surface area contributed by atoms with Gasteiger partial charge < -0.3 is 10.6 Å². The molecule has 0 unspecified atom stereocenters. The SMILES string of the molecule is Cc1cccc(N(CCCN)C(=O)N2CCC(C)CC2)c1. The maximum absolute atomic E-state index is 12.8. The summed E-state index contributed by atoms with van der Waals surface area (Å²) in [6.45, 7) is 7.33. The van der Waals surface area contributed by atoms with Gasteiger partial charge in [-0.2, -0.15) is 0 Å². The van der Waals surface area contributed by atoms with Gasteiger partial charge in [-0.1, -0.05) is 19.1 Å². The van der Waals surface area contributed by atoms with Gasteiger partial charge in [0.15, 0.2) is 0 Å². The summed E-state index contributed by atoms with van der Waals surface area (Å²) in [5.41, 5.74) is 7.78. The minimum atomic E-state index is 0.126. The molecule has 1 aromatic carbocycles. The average molecular weight is 289 g/mol. The fourth-order valence-corrected chi connectivity index (χ4v) is 2.75. The molecule has 1 fully saturated rings. The molecule has 1 aliphatic rings. The van der Waals surface area contributed by atoms with Gasteiger partial charge in [0.25, 0.3) is 0 Å². The van der Waals surface area contributed by atoms with Gasteiger partial charge in [-0.15, -0.1) is 0 Å². The molecule has 21 heavy (non-hydrogen) atoms. The molecule has 1 aliphatic heterocycles. The molecule has 0 bridgehead atoms. The van der Waals surface area contributed by atoms with E-state index in [2.05, 4.69) is 26.0 Å². The van der Waals surface area contributed by atoms with Crippen molar-refractivity contribution >= 4 is 11.7 Å². The van der Waals surface area contributed by atoms with Crippen molar-refractivity contribution in [3.05, 3.63) is 29.8 Å². The van der Waals surface area contributed by atoms with Gasteiger partial charge >= 0.3 is 6.03 Å². The second-order valence-corrected chi connectivity index (χ2v) is 6.09. The molecule has 116 valence electrons. The van der Waals surface area contributed by atoms with Crippen LogP contribution in [0.5, 0.6) is 0 Å². The maximum atomic E-state index is 12.8. The number of amides is 2. The first-order valence-electron chi connectivity index (χ1n) is 7.95. The Morgan fingerprint density at radius 2 is 2.10 bits per heavy atom. The molecular weight excluding hydrogens is 262 g/mol. The first-order valence-corrected chi connectivity index (χ1v) is 7.95. The van der Waals surface area contributed by atoms with Crippen LogP contribution in [0, 0.1) is 12.8 Å². The van der Waals surface area contributed by atoms with Crippen LogP contribution < -0.4 is 10.6 Å². The van der Waals surface area contributed by atoms with Crippen LogP contribution in [0.1, 0.15) is 31.7 Å². The molecule has 4 nitrogen and oxygen atoms in total. The number of aryl methyl sites for hydroxylation is 1. The summed E-state index contributed by atoms with van der Waals surface area (Å²) in [5.74, 6) is 0.727. The van der Waals surface area contributed by atoms with Crippen LogP contribution in [-0.4, -0.2) is 37.1 Å². The fraction of sp³-hybridized carbons (Fsp3) is 0.588. The van der Waals surface area contributed by atoms with Crippen LogP contribution in [-0.2, 0) is 0 Å². The van der Waals surface area contributed by atoms with Crippen molar-refractivity contribution in [2.45, 2.75) is 33.1 Å². The highest BCUT2D eigenvalue weighted by Gasteiger charge is 2.25. The monoisotopic (exact) mass is 289 g/mol. The standard InChI is InChI=1S/C17H27N3O/c1-14-7-11-19(12-8-14)17(21)20(10-4-9-18)16-6-3-5-15(2)13-16/h3,5-6,13-14H,4,7-12,18H2,1-2H3. The van der Waals surface area contributed by atoms with E-state index in [0.29, 0.717) is 13.1 Å². The van der Waals surface area contributed by atoms with Crippen LogP contribution in [0.3, 0.4) is 0 Å². The van der Waals surface area contributed by atoms with Gasteiger partial charge in [0, 0.05) is 25.3 Å². The highest BCUT2D eigenvalue weighted by atomic mass is 16.2. The number of carbonyl (C=O) groups is 1. The molecule has 0 spiro atoms. The van der Waals surface area contributed by atoms with Crippen molar-refractivity contribution in [2.75, 3.05) is 31.1 Å². The van der Waals surface area contributed by atoms with E-state index >= 15 is 0 Å². The Hall–Kier alpha value is -1.55. The van der Waals surface area contributed by atoms with Crippen molar-refractivity contribution in [1.29, 1.82) is 0 Å². The van der Waals surface area contributed by atoms with E-state index < -0.39 is 0 Å². The lowest BCUT2D eigenvalue weighted by Gasteiger charge is -2.35. The van der Waals surface area contributed by atoms with E-state index in [1.54, 1.807) is 0 Å². The minimum Gasteiger partial charge on any atom is -0.330 e. The summed E-state index contributed by atoms with van der Waals surface area (Å²) in [4.78, 5) is 16.7. The lowest BCUT2D eigenvalue weighted by molar-refractivity contribution is 0.180. The molecule has 0 radical (unpaired) electrons. The van der Waals surface area contributed by atoms with Gasteiger partial charge in [-0.3, -0.25) is 4.90 Å². The molecule has 1 saturated heterocycles. The number of anilines is 1.